The maximum atomic E-state index is 12.8. The molecule has 0 spiro atoms. The first-order chi connectivity index (χ1) is 12.3. The van der Waals surface area contributed by atoms with Crippen LogP contribution in [0.15, 0.2) is 18.2 Å². The molecule has 8 heteroatoms. The van der Waals surface area contributed by atoms with Crippen LogP contribution in [0.4, 0.5) is 10.6 Å². The SMILES string of the molecule is CCOC(=O)c1cccc(N(C(=O)OC(C)(C)C)C(C(=O)O)C(C)(C)C)n1. The third-order valence-corrected chi connectivity index (χ3v) is 3.37. The third-order valence-electron chi connectivity index (χ3n) is 3.37. The Balaban J connectivity index is 3.50. The van der Waals surface area contributed by atoms with Crippen molar-refractivity contribution in [1.82, 2.24) is 4.98 Å². The highest BCUT2D eigenvalue weighted by Crippen LogP contribution is 2.30. The largest absolute Gasteiger partial charge is 0.480 e. The van der Waals surface area contributed by atoms with Crippen molar-refractivity contribution in [3.8, 4) is 0 Å². The zero-order valence-electron chi connectivity index (χ0n) is 16.9. The van der Waals surface area contributed by atoms with Crippen LogP contribution in [0, 0.1) is 5.41 Å². The average Bonchev–Trinajstić information content (AvgIpc) is 2.49. The van der Waals surface area contributed by atoms with Crippen LogP contribution in [-0.4, -0.2) is 46.4 Å². The lowest BCUT2D eigenvalue weighted by Crippen LogP contribution is -2.54. The van der Waals surface area contributed by atoms with Gasteiger partial charge in [0.25, 0.3) is 0 Å². The van der Waals surface area contributed by atoms with Crippen LogP contribution in [-0.2, 0) is 14.3 Å². The number of carboxylic acids is 1. The summed E-state index contributed by atoms with van der Waals surface area (Å²) in [5.74, 6) is -1.88. The lowest BCUT2D eigenvalue weighted by molar-refractivity contribution is -0.141. The fourth-order valence-electron chi connectivity index (χ4n) is 2.39. The number of hydrogen-bond acceptors (Lipinski definition) is 6. The topological polar surface area (TPSA) is 106 Å². The van der Waals surface area contributed by atoms with E-state index in [4.69, 9.17) is 9.47 Å². The number of anilines is 1. The maximum Gasteiger partial charge on any atom is 0.416 e. The molecule has 0 saturated carbocycles. The minimum absolute atomic E-state index is 0.00266. The number of carbonyl (C=O) groups excluding carboxylic acids is 2. The molecule has 8 nitrogen and oxygen atoms in total. The maximum absolute atomic E-state index is 12.8. The minimum Gasteiger partial charge on any atom is -0.480 e. The summed E-state index contributed by atoms with van der Waals surface area (Å²) in [5, 5.41) is 9.78. The summed E-state index contributed by atoms with van der Waals surface area (Å²) in [5.41, 5.74) is -1.69. The monoisotopic (exact) mass is 380 g/mol. The zero-order chi connectivity index (χ0) is 21.0. The molecule has 27 heavy (non-hydrogen) atoms. The van der Waals surface area contributed by atoms with Gasteiger partial charge in [0, 0.05) is 0 Å². The molecule has 1 amide bonds. The summed E-state index contributed by atoms with van der Waals surface area (Å²) in [4.78, 5) is 41.9. The Morgan fingerprint density at radius 1 is 1.15 bits per heavy atom. The quantitative estimate of drug-likeness (QED) is 0.779. The number of aliphatic carboxylic acids is 1. The van der Waals surface area contributed by atoms with E-state index in [2.05, 4.69) is 4.98 Å². The molecule has 1 atom stereocenters. The third kappa shape index (κ3) is 6.23. The number of pyridine rings is 1. The number of ether oxygens (including phenoxy) is 2. The zero-order valence-corrected chi connectivity index (χ0v) is 16.9. The van der Waals surface area contributed by atoms with Gasteiger partial charge in [0.1, 0.15) is 17.5 Å². The van der Waals surface area contributed by atoms with Gasteiger partial charge in [-0.05, 0) is 45.2 Å². The van der Waals surface area contributed by atoms with Crippen molar-refractivity contribution in [2.45, 2.75) is 60.1 Å². The minimum atomic E-state index is -1.27. The molecule has 1 unspecified atom stereocenters. The van der Waals surface area contributed by atoms with Gasteiger partial charge < -0.3 is 14.6 Å². The van der Waals surface area contributed by atoms with E-state index in [0.717, 1.165) is 4.90 Å². The Morgan fingerprint density at radius 3 is 2.19 bits per heavy atom. The van der Waals surface area contributed by atoms with Crippen molar-refractivity contribution in [1.29, 1.82) is 0 Å². The van der Waals surface area contributed by atoms with Gasteiger partial charge in [-0.1, -0.05) is 26.8 Å². The van der Waals surface area contributed by atoms with Gasteiger partial charge >= 0.3 is 18.0 Å². The van der Waals surface area contributed by atoms with E-state index in [1.807, 2.05) is 0 Å². The molecule has 1 N–H and O–H groups in total. The summed E-state index contributed by atoms with van der Waals surface area (Å²) in [6.07, 6.45) is -0.863. The lowest BCUT2D eigenvalue weighted by Gasteiger charge is -2.37. The molecule has 0 aliphatic rings. The molecular formula is C19H28N2O6. The number of esters is 1. The molecule has 0 bridgehead atoms. The van der Waals surface area contributed by atoms with Crippen LogP contribution in [0.25, 0.3) is 0 Å². The van der Waals surface area contributed by atoms with Gasteiger partial charge in [-0.15, -0.1) is 0 Å². The summed E-state index contributed by atoms with van der Waals surface area (Å²) in [6, 6.07) is 3.13. The second kappa shape index (κ2) is 8.37. The predicted molar refractivity (Wildman–Crippen MR) is 99.8 cm³/mol. The number of amides is 1. The first-order valence-corrected chi connectivity index (χ1v) is 8.67. The first kappa shape index (κ1) is 22.4. The van der Waals surface area contributed by atoms with Crippen LogP contribution < -0.4 is 4.90 Å². The van der Waals surface area contributed by atoms with E-state index in [-0.39, 0.29) is 18.1 Å². The Bertz CT molecular complexity index is 703. The second-order valence-corrected chi connectivity index (χ2v) is 8.06. The van der Waals surface area contributed by atoms with Crippen LogP contribution in [0.5, 0.6) is 0 Å². The number of hydrogen-bond donors (Lipinski definition) is 1. The standard InChI is InChI=1S/C19H28N2O6/c1-8-26-16(24)12-10-9-11-13(20-12)21(17(25)27-19(5,6)7)14(15(22)23)18(2,3)4/h9-11,14H,8H2,1-7H3,(H,22,23). The first-order valence-electron chi connectivity index (χ1n) is 8.67. The summed E-state index contributed by atoms with van der Waals surface area (Å²) >= 11 is 0. The van der Waals surface area contributed by atoms with E-state index in [0.29, 0.717) is 0 Å². The van der Waals surface area contributed by atoms with Crippen molar-refractivity contribution in [3.05, 3.63) is 23.9 Å². The Kier molecular flexibility index (Phi) is 6.94. The van der Waals surface area contributed by atoms with Gasteiger partial charge in [0.2, 0.25) is 0 Å². The highest BCUT2D eigenvalue weighted by Gasteiger charge is 2.42. The number of nitrogens with zero attached hydrogens (tertiary/aromatic N) is 2. The molecule has 1 rings (SSSR count). The molecule has 0 fully saturated rings. The van der Waals surface area contributed by atoms with E-state index in [1.54, 1.807) is 48.5 Å². The summed E-state index contributed by atoms with van der Waals surface area (Å²) in [6.45, 7) is 11.9. The van der Waals surface area contributed by atoms with Crippen LogP contribution in [0.1, 0.15) is 59.0 Å². The van der Waals surface area contributed by atoms with Gasteiger partial charge in [-0.3, -0.25) is 0 Å². The van der Waals surface area contributed by atoms with Crippen molar-refractivity contribution in [2.75, 3.05) is 11.5 Å². The molecule has 1 heterocycles. The van der Waals surface area contributed by atoms with Crippen LogP contribution >= 0.6 is 0 Å². The lowest BCUT2D eigenvalue weighted by atomic mass is 9.85. The van der Waals surface area contributed by atoms with Crippen molar-refractivity contribution < 1.29 is 29.0 Å². The van der Waals surface area contributed by atoms with E-state index in [9.17, 15) is 19.5 Å². The predicted octanol–water partition coefficient (Wildman–Crippen LogP) is 3.50. The second-order valence-electron chi connectivity index (χ2n) is 8.06. The Labute approximate surface area is 159 Å². The van der Waals surface area contributed by atoms with Gasteiger partial charge in [-0.2, -0.15) is 0 Å². The van der Waals surface area contributed by atoms with Gasteiger partial charge in [-0.25, -0.2) is 24.3 Å². The number of carbonyl (C=O) groups is 3. The molecule has 0 aliphatic carbocycles. The van der Waals surface area contributed by atoms with Crippen LogP contribution in [0.2, 0.25) is 0 Å². The van der Waals surface area contributed by atoms with E-state index >= 15 is 0 Å². The summed E-state index contributed by atoms with van der Waals surface area (Å²) < 4.78 is 10.3. The molecule has 1 aromatic heterocycles. The van der Waals surface area contributed by atoms with Gasteiger partial charge in [0.15, 0.2) is 5.69 Å². The number of rotatable bonds is 5. The number of carboxylic acid groups (broad SMARTS) is 1. The molecule has 0 saturated heterocycles. The Morgan fingerprint density at radius 2 is 1.74 bits per heavy atom. The Hall–Kier alpha value is -2.64. The molecular weight excluding hydrogens is 352 g/mol. The smallest absolute Gasteiger partial charge is 0.416 e. The molecule has 0 radical (unpaired) electrons. The molecule has 0 aromatic carbocycles. The molecule has 150 valence electrons. The van der Waals surface area contributed by atoms with Crippen molar-refractivity contribution >= 4 is 23.8 Å². The molecule has 0 aliphatic heterocycles. The molecule has 1 aromatic rings. The summed E-state index contributed by atoms with van der Waals surface area (Å²) in [7, 11) is 0. The van der Waals surface area contributed by atoms with E-state index < -0.39 is 35.1 Å². The fourth-order valence-corrected chi connectivity index (χ4v) is 2.39. The average molecular weight is 380 g/mol. The van der Waals surface area contributed by atoms with Crippen LogP contribution in [0.3, 0.4) is 0 Å². The number of aromatic nitrogens is 1. The van der Waals surface area contributed by atoms with Crippen molar-refractivity contribution in [3.63, 3.8) is 0 Å². The van der Waals surface area contributed by atoms with Gasteiger partial charge in [0.05, 0.1) is 6.61 Å². The normalized spacial score (nSPS) is 12.9. The fraction of sp³-hybridized carbons (Fsp3) is 0.579. The highest BCUT2D eigenvalue weighted by atomic mass is 16.6. The van der Waals surface area contributed by atoms with Crippen molar-refractivity contribution in [2.24, 2.45) is 5.41 Å². The van der Waals surface area contributed by atoms with E-state index in [1.165, 1.54) is 18.2 Å². The highest BCUT2D eigenvalue weighted by molar-refractivity contribution is 5.96.